The number of rotatable bonds is 51. The first-order valence-electron chi connectivity index (χ1n) is 26.5. The molecule has 0 atom stereocenters. The van der Waals surface area contributed by atoms with Gasteiger partial charge >= 0.3 is 0 Å². The molecule has 0 rings (SSSR count). The van der Waals surface area contributed by atoms with Crippen molar-refractivity contribution in [3.8, 4) is 0 Å². The second-order valence-corrected chi connectivity index (χ2v) is 20.8. The van der Waals surface area contributed by atoms with Crippen molar-refractivity contribution >= 4 is 19.0 Å². The first-order valence-corrected chi connectivity index (χ1v) is 29.3. The Morgan fingerprint density at radius 2 is 0.500 bits per heavy atom. The Labute approximate surface area is 372 Å². The van der Waals surface area contributed by atoms with Crippen molar-refractivity contribution in [3.63, 3.8) is 0 Å². The second-order valence-electron chi connectivity index (χ2n) is 17.5. The van der Waals surface area contributed by atoms with Gasteiger partial charge in [0.1, 0.15) is 0 Å². The van der Waals surface area contributed by atoms with Crippen LogP contribution in [-0.2, 0) is 9.05 Å². The van der Waals surface area contributed by atoms with Gasteiger partial charge in [-0.15, -0.1) is 0 Å². The van der Waals surface area contributed by atoms with E-state index in [1.165, 1.54) is 275 Å². The van der Waals surface area contributed by atoms with Crippen LogP contribution >= 0.6 is 19.0 Å². The minimum absolute atomic E-state index is 0.798. The highest BCUT2D eigenvalue weighted by Crippen LogP contribution is 2.52. The third-order valence-electron chi connectivity index (χ3n) is 11.6. The average Bonchev–Trinajstić information content (AvgIpc) is 3.23. The Bertz CT molecular complexity index is 708. The van der Waals surface area contributed by atoms with Crippen LogP contribution in [0.3, 0.4) is 0 Å². The van der Waals surface area contributed by atoms with E-state index in [1.807, 2.05) is 11.4 Å². The summed E-state index contributed by atoms with van der Waals surface area (Å²) in [5.41, 5.74) is 0. The lowest BCUT2D eigenvalue weighted by Crippen LogP contribution is -1.95. The first-order chi connectivity index (χ1) is 28.8. The molecule has 0 aromatic rings. The van der Waals surface area contributed by atoms with Crippen molar-refractivity contribution in [1.29, 1.82) is 0 Å². The van der Waals surface area contributed by atoms with E-state index in [1.54, 1.807) is 0 Å². The van der Waals surface area contributed by atoms with Gasteiger partial charge in [0.15, 0.2) is 0 Å². The van der Waals surface area contributed by atoms with Crippen LogP contribution in [0.2, 0.25) is 0 Å². The molecule has 0 saturated heterocycles. The highest BCUT2D eigenvalue weighted by Gasteiger charge is 2.12. The number of hydrogen-bond donors (Lipinski definition) is 0. The smallest absolute Gasteiger partial charge is 0.238 e. The van der Waals surface area contributed by atoms with Crippen LogP contribution in [-0.4, -0.2) is 19.0 Å². The summed E-state index contributed by atoms with van der Waals surface area (Å²) in [5, 5.41) is 0. The van der Waals surface area contributed by atoms with Gasteiger partial charge in [0.25, 0.3) is 0 Å². The van der Waals surface area contributed by atoms with Gasteiger partial charge in [-0.2, -0.15) is 0 Å². The van der Waals surface area contributed by atoms with Crippen LogP contribution in [0, 0.1) is 0 Å². The highest BCUT2D eigenvalue weighted by atomic mass is 32.7. The highest BCUT2D eigenvalue weighted by molar-refractivity contribution is 8.52. The number of hydrogen-bond acceptors (Lipinski definition) is 3. The van der Waals surface area contributed by atoms with E-state index in [4.69, 9.17) is 9.05 Å². The zero-order chi connectivity index (χ0) is 41.8. The summed E-state index contributed by atoms with van der Waals surface area (Å²) in [6, 6.07) is 0. The van der Waals surface area contributed by atoms with Crippen LogP contribution < -0.4 is 0 Å². The largest absolute Gasteiger partial charge is 0.326 e. The molecule has 0 fully saturated rings. The van der Waals surface area contributed by atoms with Crippen molar-refractivity contribution in [2.45, 2.75) is 290 Å². The molecule has 0 saturated carbocycles. The van der Waals surface area contributed by atoms with Crippen LogP contribution in [0.25, 0.3) is 0 Å². The predicted molar refractivity (Wildman–Crippen MR) is 270 cm³/mol. The van der Waals surface area contributed by atoms with E-state index in [0.717, 1.165) is 13.2 Å². The maximum absolute atomic E-state index is 6.40. The van der Waals surface area contributed by atoms with Gasteiger partial charge in [-0.1, -0.05) is 242 Å². The molecule has 0 amide bonds. The van der Waals surface area contributed by atoms with Crippen LogP contribution in [0.4, 0.5) is 0 Å². The Balaban J connectivity index is 4.05. The zero-order valence-electron chi connectivity index (χ0n) is 40.0. The van der Waals surface area contributed by atoms with Crippen molar-refractivity contribution in [2.24, 2.45) is 0 Å². The fraction of sp³-hybridized carbons (Fsp3) is 0.889. The third kappa shape index (κ3) is 52.1. The van der Waals surface area contributed by atoms with E-state index >= 15 is 0 Å². The summed E-state index contributed by atoms with van der Waals surface area (Å²) >= 11 is 1.98. The van der Waals surface area contributed by atoms with E-state index in [-0.39, 0.29) is 0 Å². The predicted octanol–water partition coefficient (Wildman–Crippen LogP) is 21.1. The molecule has 0 unspecified atom stereocenters. The minimum Gasteiger partial charge on any atom is -0.326 e. The Morgan fingerprint density at radius 1 is 0.276 bits per heavy atom. The molecule has 0 radical (unpaired) electrons. The van der Waals surface area contributed by atoms with Gasteiger partial charge in [-0.05, 0) is 96.3 Å². The Hall–Kier alpha value is -0.0800. The molecule has 4 heteroatoms. The molecule has 58 heavy (non-hydrogen) atoms. The molecule has 0 aliphatic heterocycles. The fourth-order valence-electron chi connectivity index (χ4n) is 7.58. The first kappa shape index (κ1) is 57.9. The van der Waals surface area contributed by atoms with Gasteiger partial charge in [0, 0.05) is 5.75 Å². The lowest BCUT2D eigenvalue weighted by Gasteiger charge is -2.17. The Morgan fingerprint density at radius 3 is 0.776 bits per heavy atom. The zero-order valence-corrected chi connectivity index (χ0v) is 41.7. The molecular weight excluding hydrogens is 744 g/mol. The van der Waals surface area contributed by atoms with E-state index in [2.05, 4.69) is 57.2 Å². The monoisotopic (exact) mass is 849 g/mol. The molecule has 2 nitrogen and oxygen atoms in total. The van der Waals surface area contributed by atoms with Gasteiger partial charge in [-0.3, -0.25) is 0 Å². The number of unbranched alkanes of at least 4 members (excludes halogenated alkanes) is 36. The SMILES string of the molecule is CCCCCCCC/C=C\CCCCCCCCOP(OCCCCCCCC/C=C\CCCCCCCC)SCCCCCCCC/C=C\CCCCCCCC. The maximum Gasteiger partial charge on any atom is 0.238 e. The summed E-state index contributed by atoms with van der Waals surface area (Å²) in [6.45, 7) is 8.65. The molecule has 0 aromatic heterocycles. The van der Waals surface area contributed by atoms with E-state index < -0.39 is 7.58 Å². The topological polar surface area (TPSA) is 18.5 Å². The summed E-state index contributed by atoms with van der Waals surface area (Å²) in [6.07, 6.45) is 71.6. The quantitative estimate of drug-likeness (QED) is 0.0345. The lowest BCUT2D eigenvalue weighted by atomic mass is 10.1. The standard InChI is InChI=1S/C54H105O2PS/c1-4-7-10-13-16-19-22-25-28-31-34-37-40-43-46-49-52-55-57(56-53-50-47-44-41-38-35-32-29-26-23-20-17-14-11-8-5-2)58-54-51-48-45-42-39-36-33-30-27-24-21-18-15-12-9-6-3/h25-30H,4-24,31-54H2,1-3H3/b28-25-,29-26-,30-27-. The van der Waals surface area contributed by atoms with E-state index in [9.17, 15) is 0 Å². The molecule has 0 aromatic carbocycles. The summed E-state index contributed by atoms with van der Waals surface area (Å²) in [4.78, 5) is 0. The van der Waals surface area contributed by atoms with Gasteiger partial charge in [0.05, 0.1) is 13.2 Å². The van der Waals surface area contributed by atoms with Crippen LogP contribution in [0.1, 0.15) is 290 Å². The summed E-state index contributed by atoms with van der Waals surface area (Å²) < 4.78 is 12.8. The molecular formula is C54H105O2PS. The number of allylic oxidation sites excluding steroid dienone is 6. The fourth-order valence-corrected chi connectivity index (χ4v) is 10.6. The summed E-state index contributed by atoms with van der Waals surface area (Å²) in [5.74, 6) is 1.19. The normalized spacial score (nSPS) is 12.2. The van der Waals surface area contributed by atoms with Crippen molar-refractivity contribution < 1.29 is 9.05 Å². The maximum atomic E-state index is 6.40. The average molecular weight is 849 g/mol. The molecule has 0 bridgehead atoms. The van der Waals surface area contributed by atoms with Gasteiger partial charge < -0.3 is 9.05 Å². The third-order valence-corrected chi connectivity index (χ3v) is 14.8. The van der Waals surface area contributed by atoms with Crippen LogP contribution in [0.15, 0.2) is 36.5 Å². The van der Waals surface area contributed by atoms with Crippen molar-refractivity contribution in [1.82, 2.24) is 0 Å². The molecule has 0 aliphatic rings. The van der Waals surface area contributed by atoms with Gasteiger partial charge in [0.2, 0.25) is 7.58 Å². The molecule has 344 valence electrons. The summed E-state index contributed by atoms with van der Waals surface area (Å²) in [7, 11) is -0.798. The van der Waals surface area contributed by atoms with Crippen molar-refractivity contribution in [2.75, 3.05) is 19.0 Å². The molecule has 0 spiro atoms. The Kier molecular flexibility index (Phi) is 54.9. The van der Waals surface area contributed by atoms with Crippen LogP contribution in [0.5, 0.6) is 0 Å². The second kappa shape index (κ2) is 54.9. The molecule has 0 heterocycles. The minimum atomic E-state index is -0.798. The van der Waals surface area contributed by atoms with Gasteiger partial charge in [-0.25, -0.2) is 0 Å². The van der Waals surface area contributed by atoms with E-state index in [0.29, 0.717) is 0 Å². The lowest BCUT2D eigenvalue weighted by molar-refractivity contribution is 0.251. The molecule has 0 aliphatic carbocycles. The molecule has 0 N–H and O–H groups in total. The van der Waals surface area contributed by atoms with Crippen molar-refractivity contribution in [3.05, 3.63) is 36.5 Å².